The van der Waals surface area contributed by atoms with Crippen molar-refractivity contribution >= 4 is 38.9 Å². The predicted molar refractivity (Wildman–Crippen MR) is 115 cm³/mol. The van der Waals surface area contributed by atoms with Gasteiger partial charge >= 0.3 is 5.97 Å². The van der Waals surface area contributed by atoms with Gasteiger partial charge in [-0.2, -0.15) is 4.98 Å². The van der Waals surface area contributed by atoms with Gasteiger partial charge in [-0.1, -0.05) is 24.3 Å². The first kappa shape index (κ1) is 21.8. The summed E-state index contributed by atoms with van der Waals surface area (Å²) in [5.74, 6) is -0.538. The van der Waals surface area contributed by atoms with Gasteiger partial charge in [0.15, 0.2) is 21.3 Å². The Hall–Kier alpha value is -3.86. The minimum absolute atomic E-state index is 0.00150. The summed E-state index contributed by atoms with van der Waals surface area (Å²) >= 11 is 0. The number of aliphatic carboxylic acids is 1. The van der Waals surface area contributed by atoms with E-state index < -0.39 is 15.8 Å². The summed E-state index contributed by atoms with van der Waals surface area (Å²) in [5, 5.41) is 17.7. The van der Waals surface area contributed by atoms with Gasteiger partial charge in [-0.15, -0.1) is 4.91 Å². The Morgan fingerprint density at radius 2 is 1.87 bits per heavy atom. The summed E-state index contributed by atoms with van der Waals surface area (Å²) in [4.78, 5) is 30.4. The van der Waals surface area contributed by atoms with Crippen LogP contribution in [0.1, 0.15) is 11.1 Å². The van der Waals surface area contributed by atoms with Crippen LogP contribution in [-0.2, 0) is 27.6 Å². The van der Waals surface area contributed by atoms with Crippen LogP contribution in [0.5, 0.6) is 0 Å². The largest absolute Gasteiger partial charge is 0.481 e. The topological polar surface area (TPSA) is 151 Å². The van der Waals surface area contributed by atoms with E-state index in [1.165, 1.54) is 18.3 Å². The number of benzene rings is 2. The minimum Gasteiger partial charge on any atom is -0.481 e. The zero-order valence-electron chi connectivity index (χ0n) is 16.4. The van der Waals surface area contributed by atoms with Crippen molar-refractivity contribution in [3.63, 3.8) is 0 Å². The molecule has 0 fully saturated rings. The standard InChI is InChI=1S/C20H19N5O5S/c1-31(29,30)16-4-2-3-14(9-16)11-21-19-17(25-28)12-22-20(24-19)23-15-7-5-13(6-8-15)10-18(26)27/h2-9,12H,10-11H2,1H3,(H,26,27)(H2,21,22,23,24). The SMILES string of the molecule is CS(=O)(=O)c1cccc(CNc2nc(Nc3ccc(CC(=O)O)cc3)ncc2N=O)c1. The van der Waals surface area contributed by atoms with E-state index in [0.717, 1.165) is 6.26 Å². The zero-order chi connectivity index (χ0) is 22.4. The molecule has 0 saturated carbocycles. The molecule has 3 rings (SSSR count). The fourth-order valence-electron chi connectivity index (χ4n) is 2.71. The molecule has 11 heteroatoms. The van der Waals surface area contributed by atoms with Crippen molar-refractivity contribution in [3.8, 4) is 0 Å². The van der Waals surface area contributed by atoms with Gasteiger partial charge in [0.05, 0.1) is 17.5 Å². The van der Waals surface area contributed by atoms with Gasteiger partial charge in [0.1, 0.15) is 0 Å². The summed E-state index contributed by atoms with van der Waals surface area (Å²) in [6, 6.07) is 13.1. The van der Waals surface area contributed by atoms with Crippen molar-refractivity contribution in [2.24, 2.45) is 5.18 Å². The van der Waals surface area contributed by atoms with Crippen LogP contribution in [0.2, 0.25) is 0 Å². The molecular weight excluding hydrogens is 422 g/mol. The lowest BCUT2D eigenvalue weighted by atomic mass is 10.1. The molecule has 0 amide bonds. The van der Waals surface area contributed by atoms with Crippen LogP contribution in [0.25, 0.3) is 0 Å². The lowest BCUT2D eigenvalue weighted by Crippen LogP contribution is -2.06. The van der Waals surface area contributed by atoms with Crippen molar-refractivity contribution in [3.05, 3.63) is 70.8 Å². The lowest BCUT2D eigenvalue weighted by molar-refractivity contribution is -0.136. The highest BCUT2D eigenvalue weighted by atomic mass is 32.2. The fraction of sp³-hybridized carbons (Fsp3) is 0.150. The molecule has 160 valence electrons. The van der Waals surface area contributed by atoms with Crippen LogP contribution in [0.3, 0.4) is 0 Å². The number of hydrogen-bond acceptors (Lipinski definition) is 9. The third-order valence-electron chi connectivity index (χ3n) is 4.22. The minimum atomic E-state index is -3.34. The van der Waals surface area contributed by atoms with Crippen LogP contribution < -0.4 is 10.6 Å². The maximum atomic E-state index is 11.7. The molecule has 2 aromatic carbocycles. The zero-order valence-corrected chi connectivity index (χ0v) is 17.3. The molecule has 0 aliphatic heterocycles. The average Bonchev–Trinajstić information content (AvgIpc) is 2.73. The number of nitrogens with zero attached hydrogens (tertiary/aromatic N) is 3. The van der Waals surface area contributed by atoms with Gasteiger partial charge in [0.25, 0.3) is 0 Å². The van der Waals surface area contributed by atoms with Gasteiger partial charge in [-0.05, 0) is 40.6 Å². The number of carboxylic acid groups (broad SMARTS) is 1. The Labute approximate surface area is 178 Å². The van der Waals surface area contributed by atoms with E-state index in [9.17, 15) is 18.1 Å². The highest BCUT2D eigenvalue weighted by molar-refractivity contribution is 7.90. The highest BCUT2D eigenvalue weighted by Gasteiger charge is 2.11. The molecule has 0 aliphatic carbocycles. The van der Waals surface area contributed by atoms with Gasteiger partial charge in [-0.3, -0.25) is 4.79 Å². The van der Waals surface area contributed by atoms with E-state index in [4.69, 9.17) is 5.11 Å². The molecule has 31 heavy (non-hydrogen) atoms. The van der Waals surface area contributed by atoms with E-state index in [1.54, 1.807) is 36.4 Å². The normalized spacial score (nSPS) is 11.0. The second-order valence-electron chi connectivity index (χ2n) is 6.68. The van der Waals surface area contributed by atoms with Crippen molar-refractivity contribution in [1.29, 1.82) is 0 Å². The van der Waals surface area contributed by atoms with Crippen molar-refractivity contribution in [2.75, 3.05) is 16.9 Å². The number of nitroso groups, excluding NO2 is 1. The van der Waals surface area contributed by atoms with Crippen molar-refractivity contribution < 1.29 is 18.3 Å². The molecule has 0 radical (unpaired) electrons. The summed E-state index contributed by atoms with van der Waals surface area (Å²) in [6.07, 6.45) is 2.31. The number of carbonyl (C=O) groups is 1. The lowest BCUT2D eigenvalue weighted by Gasteiger charge is -2.11. The Morgan fingerprint density at radius 3 is 2.52 bits per heavy atom. The van der Waals surface area contributed by atoms with Crippen molar-refractivity contribution in [2.45, 2.75) is 17.9 Å². The second kappa shape index (κ2) is 9.30. The average molecular weight is 441 g/mol. The van der Waals surface area contributed by atoms with Crippen LogP contribution in [0.4, 0.5) is 23.1 Å². The monoisotopic (exact) mass is 441 g/mol. The maximum absolute atomic E-state index is 11.7. The van der Waals surface area contributed by atoms with Crippen LogP contribution in [-0.4, -0.2) is 35.7 Å². The third kappa shape index (κ3) is 6.06. The first-order chi connectivity index (χ1) is 14.7. The molecule has 0 saturated heterocycles. The summed E-state index contributed by atoms with van der Waals surface area (Å²) < 4.78 is 23.4. The Morgan fingerprint density at radius 1 is 1.13 bits per heavy atom. The van der Waals surface area contributed by atoms with Crippen LogP contribution in [0, 0.1) is 4.91 Å². The van der Waals surface area contributed by atoms with Crippen molar-refractivity contribution in [1.82, 2.24) is 9.97 Å². The second-order valence-corrected chi connectivity index (χ2v) is 8.70. The molecule has 10 nitrogen and oxygen atoms in total. The molecule has 0 spiro atoms. The van der Waals surface area contributed by atoms with E-state index >= 15 is 0 Å². The first-order valence-electron chi connectivity index (χ1n) is 9.05. The Kier molecular flexibility index (Phi) is 6.55. The molecule has 3 N–H and O–H groups in total. The number of rotatable bonds is 9. The molecule has 1 heterocycles. The van der Waals surface area contributed by atoms with Crippen LogP contribution >= 0.6 is 0 Å². The fourth-order valence-corrected chi connectivity index (χ4v) is 3.41. The molecule has 0 unspecified atom stereocenters. The molecule has 0 aliphatic rings. The number of hydrogen-bond donors (Lipinski definition) is 3. The van der Waals surface area contributed by atoms with E-state index in [1.807, 2.05) is 0 Å². The molecule has 0 bridgehead atoms. The van der Waals surface area contributed by atoms with Gasteiger partial charge in [-0.25, -0.2) is 13.4 Å². The highest BCUT2D eigenvalue weighted by Crippen LogP contribution is 2.25. The number of sulfone groups is 1. The maximum Gasteiger partial charge on any atom is 0.307 e. The Balaban J connectivity index is 1.75. The number of carboxylic acids is 1. The smallest absolute Gasteiger partial charge is 0.307 e. The first-order valence-corrected chi connectivity index (χ1v) is 10.9. The molecule has 3 aromatic rings. The molecule has 1 aromatic heterocycles. The van der Waals surface area contributed by atoms with Gasteiger partial charge in [0.2, 0.25) is 5.95 Å². The summed E-state index contributed by atoms with van der Waals surface area (Å²) in [6.45, 7) is 0.215. The summed E-state index contributed by atoms with van der Waals surface area (Å²) in [7, 11) is -3.34. The van der Waals surface area contributed by atoms with Gasteiger partial charge in [0, 0.05) is 18.5 Å². The van der Waals surface area contributed by atoms with E-state index in [2.05, 4.69) is 25.8 Å². The number of aromatic nitrogens is 2. The molecule has 0 atom stereocenters. The third-order valence-corrected chi connectivity index (χ3v) is 5.33. The van der Waals surface area contributed by atoms with Crippen LogP contribution in [0.15, 0.2) is 64.8 Å². The quantitative estimate of drug-likeness (QED) is 0.425. The Bertz CT molecular complexity index is 1210. The number of anilines is 3. The van der Waals surface area contributed by atoms with Gasteiger partial charge < -0.3 is 15.7 Å². The summed E-state index contributed by atoms with van der Waals surface area (Å²) in [5.41, 5.74) is 1.97. The van der Waals surface area contributed by atoms with E-state index in [-0.39, 0.29) is 35.3 Å². The number of nitrogens with one attached hydrogen (secondary N) is 2. The van der Waals surface area contributed by atoms with E-state index in [0.29, 0.717) is 16.8 Å². The molecular formula is C20H19N5O5S. The predicted octanol–water partition coefficient (Wildman–Crippen LogP) is 3.26.